The minimum absolute atomic E-state index is 0.324. The molecule has 4 unspecified atom stereocenters. The molecule has 0 saturated heterocycles. The van der Waals surface area contributed by atoms with Gasteiger partial charge >= 0.3 is 0 Å². The van der Waals surface area contributed by atoms with Crippen LogP contribution < -0.4 is 0 Å². The minimum atomic E-state index is -0.324. The van der Waals surface area contributed by atoms with E-state index in [0.717, 1.165) is 67.3 Å². The summed E-state index contributed by atoms with van der Waals surface area (Å²) in [7, 11) is 0. The first-order valence-electron chi connectivity index (χ1n) is 58.5. The van der Waals surface area contributed by atoms with Crippen LogP contribution in [0.2, 0.25) is 0 Å². The first-order chi connectivity index (χ1) is 70.8. The average Bonchev–Trinajstić information content (AvgIpc) is 1.57. The van der Waals surface area contributed by atoms with Crippen molar-refractivity contribution < 1.29 is 8.78 Å². The highest BCUT2D eigenvalue weighted by Crippen LogP contribution is 2.57. The van der Waals surface area contributed by atoms with E-state index in [4.69, 9.17) is 17.5 Å². The van der Waals surface area contributed by atoms with Crippen LogP contribution in [0.5, 0.6) is 0 Å². The average molecular weight is 2300 g/mol. The third-order valence-electron chi connectivity index (χ3n) is 31.2. The maximum absolute atomic E-state index is 18.1. The van der Waals surface area contributed by atoms with Crippen molar-refractivity contribution in [2.24, 2.45) is 23.7 Å². The summed E-state index contributed by atoms with van der Waals surface area (Å²) in [6, 6.07) is 23.4. The second-order valence-electron chi connectivity index (χ2n) is 43.2. The lowest BCUT2D eigenvalue weighted by Crippen LogP contribution is -2.05. The predicted molar refractivity (Wildman–Crippen MR) is 660 cm³/mol. The van der Waals surface area contributed by atoms with Gasteiger partial charge in [-0.3, -0.25) is 0 Å². The van der Waals surface area contributed by atoms with Crippen molar-refractivity contribution in [3.05, 3.63) is 102 Å². The first-order valence-corrected chi connectivity index (χ1v) is 69.7. The monoisotopic (exact) mass is 2300 g/mol. The van der Waals surface area contributed by atoms with Crippen molar-refractivity contribution in [3.63, 3.8) is 0 Å². The van der Waals surface area contributed by atoms with Crippen molar-refractivity contribution in [2.45, 2.75) is 492 Å². The summed E-state index contributed by atoms with van der Waals surface area (Å²) in [5, 5.41) is 4.75. The highest BCUT2D eigenvalue weighted by atomic mass is 79.9. The SMILES string of the molecule is CCCCCCCCCCC(CCCCCCCC)Cc1cc(-c2cc3c4nsnc4c4cc(-c5cc(CC(CCCCCCCC)CCCCCCCCCC)c(-c6cc(F)c(-c7sc(-c8sc(-c9cc%10c%11nsnc%11c%11cc(-c%12cc(CC(CCCCCCCC)CCCCCCCCCC)c(Br)s%12)sc%11c%10s9)cc8CC(CCCCCCCC)CCCCCCCCCC)cc7F)s6)s5)sc4c3s2)sc1Br. The zero-order valence-corrected chi connectivity index (χ0v) is 102. The highest BCUT2D eigenvalue weighted by molar-refractivity contribution is 9.11. The second kappa shape index (κ2) is 64.3. The third kappa shape index (κ3) is 34.5. The van der Waals surface area contributed by atoms with Crippen molar-refractivity contribution in [1.29, 1.82) is 0 Å². The molecule has 0 aliphatic heterocycles. The number of thiophene rings is 10. The van der Waals surface area contributed by atoms with Gasteiger partial charge in [0, 0.05) is 80.1 Å². The lowest BCUT2D eigenvalue weighted by molar-refractivity contribution is 0.400. The van der Waals surface area contributed by atoms with E-state index in [1.54, 1.807) is 12.1 Å². The molecule has 0 amide bonds. The molecule has 4 nitrogen and oxygen atoms in total. The summed E-state index contributed by atoms with van der Waals surface area (Å²) in [6.45, 7) is 18.6. The molecule has 0 saturated carbocycles. The molecule has 20 heteroatoms. The highest BCUT2D eigenvalue weighted by Gasteiger charge is 2.31. The van der Waals surface area contributed by atoms with E-state index in [0.29, 0.717) is 33.4 Å². The van der Waals surface area contributed by atoms with Crippen LogP contribution in [0.3, 0.4) is 0 Å². The van der Waals surface area contributed by atoms with E-state index >= 15 is 8.78 Å². The lowest BCUT2D eigenvalue weighted by Gasteiger charge is -2.17. The number of hydrogen-bond acceptors (Lipinski definition) is 16. The molecule has 12 aromatic heterocycles. The van der Waals surface area contributed by atoms with Gasteiger partial charge in [0.05, 0.1) is 59.6 Å². The molecular weight excluding hydrogens is 2130 g/mol. The molecule has 0 fully saturated rings. The molecule has 0 bridgehead atoms. The summed E-state index contributed by atoms with van der Waals surface area (Å²) in [4.78, 5) is 15.1. The van der Waals surface area contributed by atoms with E-state index in [1.165, 1.54) is 566 Å². The van der Waals surface area contributed by atoms with Gasteiger partial charge in [0.1, 0.15) is 33.7 Å². The smallest absolute Gasteiger partial charge is 0.143 e. The Hall–Kier alpha value is -3.06. The summed E-state index contributed by atoms with van der Waals surface area (Å²) >= 11 is 29.2. The molecule has 0 N–H and O–H groups in total. The van der Waals surface area contributed by atoms with Gasteiger partial charge in [0.25, 0.3) is 0 Å². The number of rotatable bonds is 79. The van der Waals surface area contributed by atoms with Gasteiger partial charge in [0.2, 0.25) is 0 Å². The molecule has 0 spiro atoms. The van der Waals surface area contributed by atoms with Crippen LogP contribution in [-0.4, -0.2) is 17.5 Å². The summed E-state index contributed by atoms with van der Waals surface area (Å²) in [6.07, 6.45) is 88.6. The Bertz CT molecular complexity index is 5640. The standard InChI is InChI=1S/C124H174Br2F2N4S12/c1-9-17-25-33-41-45-53-61-67-87(65-57-49-37-29-21-13-5)73-91-77-101(105-81-95-111-113(131-143-129-111)97-83-107(137-119(97)117(95)135-105)103-79-93(123(125)141-103)75-89(69-59-51-39-31-23-15-7)71-63-55-47-43-35-27-19-11-3)133-115(91)109-85-99(127)121(139-109)122-100(128)86-110(140-122)116-92(74-88(66-58-50-38-30-22-14-6)68-62-54-46-42-34-26-18-10-2)78-102(134-116)106-82-96-112-114(132-144-130-112)98-84-108(138-120(98)118(96)136-106)104-80-94(124(126)142-104)76-90(70-60-52-40-32-24-16-8)72-64-56-48-44-36-28-20-12-4/h77-90H,9-76H2,1-8H3. The number of benzene rings is 2. The van der Waals surface area contributed by atoms with Gasteiger partial charge in [0.15, 0.2) is 0 Å². The third-order valence-corrected chi connectivity index (χ3v) is 47.0. The van der Waals surface area contributed by atoms with Gasteiger partial charge in [-0.15, -0.1) is 113 Å². The normalized spacial score (nSPS) is 13.1. The summed E-state index contributed by atoms with van der Waals surface area (Å²) < 4.78 is 64.5. The summed E-state index contributed by atoms with van der Waals surface area (Å²) in [5.41, 5.74) is 9.56. The Labute approximate surface area is 933 Å². The Morgan fingerprint density at radius 2 is 0.382 bits per heavy atom. The molecule has 144 heavy (non-hydrogen) atoms. The number of nitrogens with zero attached hydrogens (tertiary/aromatic N) is 4. The van der Waals surface area contributed by atoms with E-state index in [-0.39, 0.29) is 11.6 Å². The Balaban J connectivity index is 0.801. The van der Waals surface area contributed by atoms with Crippen LogP contribution in [-0.2, 0) is 25.7 Å². The van der Waals surface area contributed by atoms with Gasteiger partial charge < -0.3 is 0 Å². The molecule has 12 heterocycles. The molecule has 0 aliphatic rings. The number of unbranched alkanes of at least 4 members (excludes halogenated alkanes) is 48. The fraction of sp³-hybridized carbons (Fsp3) is 0.645. The number of halogens is 4. The maximum atomic E-state index is 18.1. The minimum Gasteiger partial charge on any atom is -0.205 e. The molecule has 14 rings (SSSR count). The molecule has 0 radical (unpaired) electrons. The van der Waals surface area contributed by atoms with Crippen molar-refractivity contribution in [2.75, 3.05) is 0 Å². The fourth-order valence-electron chi connectivity index (χ4n) is 22.7. The molecule has 14 aromatic rings. The molecule has 2 aromatic carbocycles. The van der Waals surface area contributed by atoms with Crippen molar-refractivity contribution in [3.8, 4) is 68.3 Å². The van der Waals surface area contributed by atoms with Crippen molar-refractivity contribution in [1.82, 2.24) is 17.5 Å². The van der Waals surface area contributed by atoms with Gasteiger partial charge in [-0.25, -0.2) is 8.78 Å². The quantitative estimate of drug-likeness (QED) is 0.0357. The van der Waals surface area contributed by atoms with Crippen LogP contribution in [0.25, 0.3) is 131 Å². The largest absolute Gasteiger partial charge is 0.205 e. The number of aromatic nitrogens is 4. The number of fused-ring (bicyclic) bond motifs is 12. The van der Waals surface area contributed by atoms with E-state index in [2.05, 4.69) is 136 Å². The second-order valence-corrected chi connectivity index (χ2v) is 57.4. The Morgan fingerprint density at radius 1 is 0.201 bits per heavy atom. The van der Waals surface area contributed by atoms with Crippen LogP contribution in [0.1, 0.15) is 489 Å². The first kappa shape index (κ1) is 116. The lowest BCUT2D eigenvalue weighted by atomic mass is 9.88. The van der Waals surface area contributed by atoms with Gasteiger partial charge in [-0.1, -0.05) is 466 Å². The van der Waals surface area contributed by atoms with E-state index in [1.807, 2.05) is 90.7 Å². The molecular formula is C124H174Br2F2N4S12. The molecule has 4 atom stereocenters. The van der Waals surface area contributed by atoms with E-state index in [9.17, 15) is 0 Å². The topological polar surface area (TPSA) is 51.6 Å². The maximum Gasteiger partial charge on any atom is 0.143 e. The van der Waals surface area contributed by atoms with Crippen LogP contribution in [0.15, 0.2) is 68.2 Å². The van der Waals surface area contributed by atoms with Crippen molar-refractivity contribution >= 4 is 231 Å². The summed E-state index contributed by atoms with van der Waals surface area (Å²) in [5.74, 6) is 1.77. The zero-order chi connectivity index (χ0) is 100. The zero-order valence-electron chi connectivity index (χ0n) is 89.4. The Morgan fingerprint density at radius 3 is 0.604 bits per heavy atom. The molecule has 790 valence electrons. The fourth-order valence-corrected chi connectivity index (χ4v) is 37.4. The van der Waals surface area contributed by atoms with Gasteiger partial charge in [-0.2, -0.15) is 17.5 Å². The van der Waals surface area contributed by atoms with Crippen LogP contribution in [0, 0.1) is 35.3 Å². The molecule has 0 aliphatic carbocycles. The predicted octanol–water partition coefficient (Wildman–Crippen LogP) is 50.2. The Kier molecular flexibility index (Phi) is 52.0. The van der Waals surface area contributed by atoms with Crippen LogP contribution >= 0.6 is 169 Å². The van der Waals surface area contributed by atoms with Crippen LogP contribution in [0.4, 0.5) is 8.78 Å². The van der Waals surface area contributed by atoms with Gasteiger partial charge in [-0.05, 0) is 164 Å². The number of hydrogen-bond donors (Lipinski definition) is 0. The van der Waals surface area contributed by atoms with E-state index < -0.39 is 0 Å².